The number of carbonyl (C=O) groups excluding carboxylic acids is 5. The second-order valence-electron chi connectivity index (χ2n) is 7.29. The summed E-state index contributed by atoms with van der Waals surface area (Å²) in [6, 6.07) is -6.27. The zero-order valence-corrected chi connectivity index (χ0v) is 20.5. The van der Waals surface area contributed by atoms with Crippen molar-refractivity contribution in [3.63, 3.8) is 0 Å². The lowest BCUT2D eigenvalue weighted by atomic mass is 10.2. The van der Waals surface area contributed by atoms with Crippen LogP contribution in [0.25, 0.3) is 0 Å². The predicted molar refractivity (Wildman–Crippen MR) is 126 cm³/mol. The maximum absolute atomic E-state index is 12.3. The fraction of sp³-hybridized carbons (Fsp3) is 0.667. The Morgan fingerprint density at radius 1 is 0.636 bits per heavy atom. The average molecular weight is 509 g/mol. The molecule has 0 aromatic carbocycles. The van der Waals surface area contributed by atoms with Crippen LogP contribution >= 0.6 is 25.3 Å². The van der Waals surface area contributed by atoms with Crippen LogP contribution in [0.5, 0.6) is 0 Å². The van der Waals surface area contributed by atoms with E-state index in [1.54, 1.807) is 0 Å². The summed E-state index contributed by atoms with van der Waals surface area (Å²) in [5, 5.41) is 20.7. The number of carboxylic acid groups (broad SMARTS) is 1. The summed E-state index contributed by atoms with van der Waals surface area (Å²) in [5.74, 6) is -4.66. The number of hydrogen-bond acceptors (Lipinski definition) is 9. The minimum Gasteiger partial charge on any atom is -0.480 e. The Morgan fingerprint density at radius 3 is 1.21 bits per heavy atom. The van der Waals surface area contributed by atoms with Gasteiger partial charge in [-0.05, 0) is 27.7 Å². The van der Waals surface area contributed by atoms with Crippen molar-refractivity contribution in [3.05, 3.63) is 0 Å². The molecule has 8 N–H and O–H groups in total. The third-order valence-corrected chi connectivity index (χ3v) is 5.10. The predicted octanol–water partition coefficient (Wildman–Crippen LogP) is -3.24. The molecular formula is C18H32N6O7S2. The average Bonchev–Trinajstić information content (AvgIpc) is 2.75. The molecule has 0 aliphatic heterocycles. The second kappa shape index (κ2) is 14.6. The van der Waals surface area contributed by atoms with E-state index in [1.165, 1.54) is 27.7 Å². The van der Waals surface area contributed by atoms with Gasteiger partial charge in [0.05, 0.1) is 6.04 Å². The molecule has 0 aromatic heterocycles. The lowest BCUT2D eigenvalue weighted by Crippen LogP contribution is -2.57. The summed E-state index contributed by atoms with van der Waals surface area (Å²) in [5.41, 5.74) is 5.52. The Hall–Kier alpha value is -2.52. The highest BCUT2D eigenvalue weighted by molar-refractivity contribution is 7.80. The molecule has 13 nitrogen and oxygen atoms in total. The normalized spacial score (nSPS) is 16.1. The van der Waals surface area contributed by atoms with Crippen molar-refractivity contribution in [1.29, 1.82) is 0 Å². The van der Waals surface area contributed by atoms with E-state index in [9.17, 15) is 28.8 Å². The number of rotatable bonds is 13. The summed E-state index contributed by atoms with van der Waals surface area (Å²) in [4.78, 5) is 71.4. The van der Waals surface area contributed by atoms with E-state index >= 15 is 0 Å². The molecule has 0 saturated heterocycles. The van der Waals surface area contributed by atoms with Gasteiger partial charge in [0.25, 0.3) is 0 Å². The number of nitrogens with two attached hydrogens (primary N) is 1. The Labute approximate surface area is 202 Å². The van der Waals surface area contributed by atoms with Crippen molar-refractivity contribution in [3.8, 4) is 0 Å². The molecule has 0 fully saturated rings. The molecule has 6 atom stereocenters. The highest BCUT2D eigenvalue weighted by atomic mass is 32.1. The van der Waals surface area contributed by atoms with Crippen molar-refractivity contribution in [2.24, 2.45) is 5.73 Å². The van der Waals surface area contributed by atoms with Crippen molar-refractivity contribution >= 4 is 60.8 Å². The topological polar surface area (TPSA) is 209 Å². The van der Waals surface area contributed by atoms with Gasteiger partial charge in [-0.1, -0.05) is 0 Å². The molecule has 0 rings (SSSR count). The molecule has 0 bridgehead atoms. The van der Waals surface area contributed by atoms with E-state index in [2.05, 4.69) is 51.8 Å². The minimum atomic E-state index is -1.27. The third kappa shape index (κ3) is 10.8. The third-order valence-electron chi connectivity index (χ3n) is 4.34. The van der Waals surface area contributed by atoms with Gasteiger partial charge < -0.3 is 37.4 Å². The van der Waals surface area contributed by atoms with E-state index in [0.717, 1.165) is 0 Å². The molecule has 0 heterocycles. The van der Waals surface area contributed by atoms with Crippen LogP contribution < -0.4 is 32.3 Å². The van der Waals surface area contributed by atoms with Gasteiger partial charge in [0, 0.05) is 11.5 Å². The van der Waals surface area contributed by atoms with Crippen LogP contribution in [0.1, 0.15) is 27.7 Å². The fourth-order valence-electron chi connectivity index (χ4n) is 2.16. The number of carboxylic acids is 1. The monoisotopic (exact) mass is 508 g/mol. The summed E-state index contributed by atoms with van der Waals surface area (Å²) in [6.45, 7) is 5.50. The number of carbonyl (C=O) groups is 6. The van der Waals surface area contributed by atoms with Crippen molar-refractivity contribution in [2.45, 2.75) is 63.9 Å². The zero-order chi connectivity index (χ0) is 25.9. The zero-order valence-electron chi connectivity index (χ0n) is 18.7. The highest BCUT2D eigenvalue weighted by Crippen LogP contribution is 1.95. The minimum absolute atomic E-state index is 0.0918. The first-order chi connectivity index (χ1) is 15.2. The van der Waals surface area contributed by atoms with Gasteiger partial charge in [0.2, 0.25) is 29.5 Å². The Balaban J connectivity index is 4.69. The van der Waals surface area contributed by atoms with Gasteiger partial charge >= 0.3 is 5.97 Å². The van der Waals surface area contributed by atoms with Crippen LogP contribution in [0.4, 0.5) is 0 Å². The molecule has 5 amide bonds. The SMILES string of the molecule is C[C@H](NC(=O)[C@H](C)NC(=O)[C@H](C)NC(=O)[C@@H](N)CS)C(=O)N[C@@H](C)C(=O)N[C@@H](CS)C(=O)O. The molecule has 0 radical (unpaired) electrons. The van der Waals surface area contributed by atoms with Crippen LogP contribution in [-0.4, -0.2) is 88.4 Å². The number of nitrogens with one attached hydrogen (secondary N) is 5. The summed E-state index contributed by atoms with van der Waals surface area (Å²) in [7, 11) is 0. The van der Waals surface area contributed by atoms with E-state index in [-0.39, 0.29) is 11.5 Å². The Bertz CT molecular complexity index is 754. The van der Waals surface area contributed by atoms with Crippen LogP contribution in [0, 0.1) is 0 Å². The van der Waals surface area contributed by atoms with Gasteiger partial charge in [0.1, 0.15) is 30.2 Å². The molecule has 0 saturated carbocycles. The highest BCUT2D eigenvalue weighted by Gasteiger charge is 2.27. The lowest BCUT2D eigenvalue weighted by Gasteiger charge is -2.22. The number of hydrogen-bond donors (Lipinski definition) is 9. The summed E-state index contributed by atoms with van der Waals surface area (Å²) < 4.78 is 0. The quantitative estimate of drug-likeness (QED) is 0.115. The molecule has 188 valence electrons. The number of thiol groups is 2. The Kier molecular flexibility index (Phi) is 13.5. The fourth-order valence-corrected chi connectivity index (χ4v) is 2.58. The Morgan fingerprint density at radius 2 is 0.939 bits per heavy atom. The van der Waals surface area contributed by atoms with Gasteiger partial charge in [-0.15, -0.1) is 0 Å². The maximum Gasteiger partial charge on any atom is 0.327 e. The van der Waals surface area contributed by atoms with E-state index in [0.29, 0.717) is 0 Å². The molecule has 0 aromatic rings. The van der Waals surface area contributed by atoms with Crippen LogP contribution in [0.2, 0.25) is 0 Å². The first-order valence-electron chi connectivity index (χ1n) is 9.97. The van der Waals surface area contributed by atoms with Gasteiger partial charge in [-0.25, -0.2) is 4.79 Å². The lowest BCUT2D eigenvalue weighted by molar-refractivity contribution is -0.141. The van der Waals surface area contributed by atoms with Crippen molar-refractivity contribution < 1.29 is 33.9 Å². The van der Waals surface area contributed by atoms with Gasteiger partial charge in [-0.2, -0.15) is 25.3 Å². The summed E-state index contributed by atoms with van der Waals surface area (Å²) in [6.07, 6.45) is 0. The first-order valence-corrected chi connectivity index (χ1v) is 11.2. The van der Waals surface area contributed by atoms with E-state index < -0.39 is 71.8 Å². The van der Waals surface area contributed by atoms with Crippen LogP contribution in [0.3, 0.4) is 0 Å². The molecule has 0 unspecified atom stereocenters. The van der Waals surface area contributed by atoms with Crippen LogP contribution in [0.15, 0.2) is 0 Å². The smallest absolute Gasteiger partial charge is 0.327 e. The van der Waals surface area contributed by atoms with Crippen LogP contribution in [-0.2, 0) is 28.8 Å². The van der Waals surface area contributed by atoms with Crippen molar-refractivity contribution in [1.82, 2.24) is 26.6 Å². The molecule has 33 heavy (non-hydrogen) atoms. The second-order valence-corrected chi connectivity index (χ2v) is 8.02. The first kappa shape index (κ1) is 30.5. The molecule has 0 spiro atoms. The molecule has 0 aliphatic carbocycles. The molecule has 0 aliphatic rings. The van der Waals surface area contributed by atoms with Crippen molar-refractivity contribution in [2.75, 3.05) is 11.5 Å². The number of amides is 5. The molecular weight excluding hydrogens is 476 g/mol. The molecule has 15 heteroatoms. The largest absolute Gasteiger partial charge is 0.480 e. The maximum atomic E-state index is 12.3. The summed E-state index contributed by atoms with van der Waals surface area (Å²) >= 11 is 7.73. The van der Waals surface area contributed by atoms with E-state index in [1.807, 2.05) is 0 Å². The number of aliphatic carboxylic acids is 1. The van der Waals surface area contributed by atoms with Gasteiger partial charge in [-0.3, -0.25) is 24.0 Å². The standard InChI is InChI=1S/C18H32N6O7S2/c1-7(21-15(27)9(3)23-17(29)11(19)5-32)13(25)20-8(2)14(26)22-10(4)16(28)24-12(6-33)18(30)31/h7-12,32-33H,5-6,19H2,1-4H3,(H,20,25)(H,21,27)(H,22,26)(H,23,29)(H,24,28)(H,30,31)/t7-,8-,9-,10-,11-,12-/m0/s1. The van der Waals surface area contributed by atoms with Gasteiger partial charge in [0.15, 0.2) is 0 Å². The van der Waals surface area contributed by atoms with E-state index in [4.69, 9.17) is 10.8 Å².